The van der Waals surface area contributed by atoms with Crippen LogP contribution in [0.25, 0.3) is 0 Å². The molecule has 0 radical (unpaired) electrons. The maximum absolute atomic E-state index is 14.3. The summed E-state index contributed by atoms with van der Waals surface area (Å²) >= 11 is 3.69. The van der Waals surface area contributed by atoms with E-state index in [9.17, 15) is 19.5 Å². The van der Waals surface area contributed by atoms with Gasteiger partial charge < -0.3 is 29.1 Å². The summed E-state index contributed by atoms with van der Waals surface area (Å²) in [6.07, 6.45) is 5.81. The summed E-state index contributed by atoms with van der Waals surface area (Å²) in [5.41, 5.74) is -1.12. The van der Waals surface area contributed by atoms with Crippen LogP contribution < -0.4 is 0 Å². The zero-order valence-corrected chi connectivity index (χ0v) is 24.3. The largest absolute Gasteiger partial charge is 0.465 e. The van der Waals surface area contributed by atoms with Gasteiger partial charge in [-0.3, -0.25) is 19.3 Å². The number of alkyl halides is 1. The Morgan fingerprint density at radius 1 is 1.18 bits per heavy atom. The van der Waals surface area contributed by atoms with Crippen LogP contribution in [-0.4, -0.2) is 126 Å². The first-order valence-electron chi connectivity index (χ1n) is 14.1. The zero-order chi connectivity index (χ0) is 28.0. The van der Waals surface area contributed by atoms with E-state index in [2.05, 4.69) is 34.0 Å². The Morgan fingerprint density at radius 2 is 1.95 bits per heavy atom. The van der Waals surface area contributed by atoms with E-state index in [4.69, 9.17) is 14.2 Å². The number of aliphatic hydroxyl groups excluding tert-OH is 1. The monoisotopic (exact) mass is 611 g/mol. The number of ether oxygens (including phenoxy) is 3. The van der Waals surface area contributed by atoms with E-state index in [1.54, 1.807) is 22.0 Å². The van der Waals surface area contributed by atoms with Gasteiger partial charge in [0.15, 0.2) is 0 Å². The third-order valence-corrected chi connectivity index (χ3v) is 9.20. The molecule has 4 saturated heterocycles. The summed E-state index contributed by atoms with van der Waals surface area (Å²) < 4.78 is 17.6. The number of nitrogens with zero attached hydrogens (tertiary/aromatic N) is 3. The van der Waals surface area contributed by atoms with Crippen molar-refractivity contribution in [2.75, 3.05) is 65.7 Å². The Bertz CT molecular complexity index is 914. The van der Waals surface area contributed by atoms with Gasteiger partial charge in [-0.15, -0.1) is 13.2 Å². The van der Waals surface area contributed by atoms with Crippen LogP contribution >= 0.6 is 15.9 Å². The summed E-state index contributed by atoms with van der Waals surface area (Å²) in [4.78, 5) is 47.1. The lowest BCUT2D eigenvalue weighted by molar-refractivity contribution is -0.155. The molecule has 0 aromatic carbocycles. The Kier molecular flexibility index (Phi) is 10.6. The number of fused-ring (bicyclic) bond motifs is 1. The highest BCUT2D eigenvalue weighted by atomic mass is 79.9. The molecule has 2 amide bonds. The molecule has 2 bridgehead atoms. The fourth-order valence-electron chi connectivity index (χ4n) is 6.52. The Morgan fingerprint density at radius 3 is 2.64 bits per heavy atom. The van der Waals surface area contributed by atoms with E-state index >= 15 is 0 Å². The van der Waals surface area contributed by atoms with Crippen molar-refractivity contribution in [3.8, 4) is 0 Å². The quantitative estimate of drug-likeness (QED) is 0.128. The number of morpholine rings is 1. The predicted octanol–water partition coefficient (Wildman–Crippen LogP) is 1.36. The van der Waals surface area contributed by atoms with Crippen LogP contribution in [0, 0.1) is 11.8 Å². The van der Waals surface area contributed by atoms with Crippen molar-refractivity contribution < 1.29 is 33.7 Å². The number of esters is 1. The molecule has 0 aromatic heterocycles. The van der Waals surface area contributed by atoms with Gasteiger partial charge in [0.05, 0.1) is 37.8 Å². The highest BCUT2D eigenvalue weighted by Gasteiger charge is 2.77. The maximum atomic E-state index is 14.3. The smallest absolute Gasteiger partial charge is 0.312 e. The van der Waals surface area contributed by atoms with Gasteiger partial charge in [0, 0.05) is 50.7 Å². The van der Waals surface area contributed by atoms with Gasteiger partial charge >= 0.3 is 5.97 Å². The fourth-order valence-corrected chi connectivity index (χ4v) is 7.46. The van der Waals surface area contributed by atoms with Crippen molar-refractivity contribution >= 4 is 33.7 Å². The van der Waals surface area contributed by atoms with Crippen LogP contribution in [0.5, 0.6) is 0 Å². The standard InChI is InChI=1S/C28H42BrN3O7/c1-3-5-8-16-38-27(36)21-22-25(34)32(10-6-7-15-33)24(28(22)19-20(29)23(21)39-28)26(35)31(9-4-2)12-11-30-13-17-37-18-14-30/h3-4,20-24,33H,1-2,5-19H2/t20?,21-,22+,23-,24?,28?/m1/s1. The minimum absolute atomic E-state index is 0.000932. The Balaban J connectivity index is 1.59. The third-order valence-electron chi connectivity index (χ3n) is 8.35. The molecule has 39 heavy (non-hydrogen) atoms. The lowest BCUT2D eigenvalue weighted by Gasteiger charge is -2.38. The molecule has 218 valence electrons. The molecule has 1 N–H and O–H groups in total. The predicted molar refractivity (Wildman–Crippen MR) is 148 cm³/mol. The lowest BCUT2D eigenvalue weighted by Crippen LogP contribution is -2.57. The van der Waals surface area contributed by atoms with Crippen LogP contribution in [0.15, 0.2) is 25.3 Å². The number of likely N-dealkylation sites (tertiary alicyclic amines) is 1. The number of unbranched alkanes of at least 4 members (excludes halogenated alkanes) is 2. The molecule has 4 rings (SSSR count). The van der Waals surface area contributed by atoms with E-state index in [0.717, 1.165) is 19.5 Å². The summed E-state index contributed by atoms with van der Waals surface area (Å²) in [6.45, 7) is 12.6. The molecule has 10 nitrogen and oxygen atoms in total. The molecule has 4 aliphatic heterocycles. The number of hydrogen-bond acceptors (Lipinski definition) is 8. The third kappa shape index (κ3) is 6.12. The first-order valence-corrected chi connectivity index (χ1v) is 15.0. The number of halogens is 1. The molecule has 0 saturated carbocycles. The average Bonchev–Trinajstić information content (AvgIpc) is 3.52. The average molecular weight is 613 g/mol. The van der Waals surface area contributed by atoms with Crippen molar-refractivity contribution in [3.05, 3.63) is 25.3 Å². The summed E-state index contributed by atoms with van der Waals surface area (Å²) in [5.74, 6) is -2.45. The van der Waals surface area contributed by atoms with Gasteiger partial charge in [0.2, 0.25) is 11.8 Å². The Hall–Kier alpha value is -1.79. The second-order valence-electron chi connectivity index (χ2n) is 10.8. The minimum Gasteiger partial charge on any atom is -0.465 e. The highest BCUT2D eigenvalue weighted by Crippen LogP contribution is 2.60. The Labute approximate surface area is 239 Å². The number of carbonyl (C=O) groups is 3. The fraction of sp³-hybridized carbons (Fsp3) is 0.750. The van der Waals surface area contributed by atoms with Crippen molar-refractivity contribution in [1.29, 1.82) is 0 Å². The maximum Gasteiger partial charge on any atom is 0.312 e. The van der Waals surface area contributed by atoms with Gasteiger partial charge in [0.1, 0.15) is 11.6 Å². The molecule has 3 unspecified atom stereocenters. The number of hydrogen-bond donors (Lipinski definition) is 1. The second kappa shape index (κ2) is 13.7. The molecule has 4 aliphatic rings. The number of allylic oxidation sites excluding steroid dienone is 1. The molecule has 4 fully saturated rings. The molecule has 1 spiro atoms. The van der Waals surface area contributed by atoms with E-state index < -0.39 is 35.6 Å². The topological polar surface area (TPSA) is 109 Å². The van der Waals surface area contributed by atoms with Crippen LogP contribution in [0.1, 0.15) is 32.1 Å². The molecule has 0 aromatic rings. The van der Waals surface area contributed by atoms with E-state index in [-0.39, 0.29) is 29.9 Å². The van der Waals surface area contributed by atoms with Gasteiger partial charge in [-0.25, -0.2) is 0 Å². The lowest BCUT2D eigenvalue weighted by atomic mass is 9.70. The summed E-state index contributed by atoms with van der Waals surface area (Å²) in [6, 6.07) is -0.859. The van der Waals surface area contributed by atoms with E-state index in [1.165, 1.54) is 0 Å². The highest BCUT2D eigenvalue weighted by molar-refractivity contribution is 9.09. The van der Waals surface area contributed by atoms with Gasteiger partial charge in [-0.05, 0) is 32.1 Å². The normalized spacial score (nSPS) is 31.8. The SMILES string of the molecule is C=CCCCOC(=O)[C@H]1[C@@H]2OC3(CC2Br)C(C(=O)N(CC=C)CCN2CCOCC2)N(CCCCO)C(=O)[C@H]13. The number of amides is 2. The molecule has 4 heterocycles. The number of aliphatic hydroxyl groups is 1. The summed E-state index contributed by atoms with van der Waals surface area (Å²) in [7, 11) is 0. The van der Waals surface area contributed by atoms with Crippen LogP contribution in [0.3, 0.4) is 0 Å². The van der Waals surface area contributed by atoms with Crippen LogP contribution in [-0.2, 0) is 28.6 Å². The zero-order valence-electron chi connectivity index (χ0n) is 22.7. The van der Waals surface area contributed by atoms with Crippen molar-refractivity contribution in [2.24, 2.45) is 11.8 Å². The molecular formula is C28H42BrN3O7. The number of rotatable bonds is 15. The second-order valence-corrected chi connectivity index (χ2v) is 11.9. The van der Waals surface area contributed by atoms with Gasteiger partial charge in [-0.1, -0.05) is 28.1 Å². The first kappa shape index (κ1) is 30.2. The molecular weight excluding hydrogens is 570 g/mol. The molecule has 11 heteroatoms. The van der Waals surface area contributed by atoms with Crippen molar-refractivity contribution in [2.45, 2.75) is 54.7 Å². The summed E-state index contributed by atoms with van der Waals surface area (Å²) in [5, 5.41) is 9.37. The van der Waals surface area contributed by atoms with Crippen molar-refractivity contribution in [1.82, 2.24) is 14.7 Å². The van der Waals surface area contributed by atoms with Crippen LogP contribution in [0.4, 0.5) is 0 Å². The van der Waals surface area contributed by atoms with Crippen molar-refractivity contribution in [3.63, 3.8) is 0 Å². The van der Waals surface area contributed by atoms with Gasteiger partial charge in [-0.2, -0.15) is 0 Å². The molecule has 6 atom stereocenters. The number of carbonyl (C=O) groups excluding carboxylic acids is 3. The van der Waals surface area contributed by atoms with Crippen LogP contribution in [0.2, 0.25) is 0 Å². The minimum atomic E-state index is -1.12. The molecule has 0 aliphatic carbocycles. The first-order chi connectivity index (χ1) is 18.9. The van der Waals surface area contributed by atoms with E-state index in [1.807, 2.05) is 0 Å². The van der Waals surface area contributed by atoms with Gasteiger partial charge in [0.25, 0.3) is 0 Å². The van der Waals surface area contributed by atoms with E-state index in [0.29, 0.717) is 65.1 Å².